The lowest BCUT2D eigenvalue weighted by Crippen LogP contribution is -2.25. The van der Waals surface area contributed by atoms with Gasteiger partial charge < -0.3 is 10.4 Å². The number of hydrogen-bond acceptors (Lipinski definition) is 4. The third-order valence-corrected chi connectivity index (χ3v) is 3.28. The van der Waals surface area contributed by atoms with Crippen LogP contribution in [0.2, 0.25) is 0 Å². The first kappa shape index (κ1) is 12.2. The normalized spacial score (nSPS) is 24.6. The molecule has 2 N–H and O–H groups in total. The monoisotopic (exact) mass is 239 g/mol. The maximum absolute atomic E-state index is 13.6. The fourth-order valence-electron chi connectivity index (χ4n) is 2.27. The lowest BCUT2D eigenvalue weighted by Gasteiger charge is -2.26. The molecule has 2 atom stereocenters. The highest BCUT2D eigenvalue weighted by Gasteiger charge is 2.20. The quantitative estimate of drug-likeness (QED) is 0.845. The van der Waals surface area contributed by atoms with E-state index in [0.29, 0.717) is 18.2 Å². The van der Waals surface area contributed by atoms with Crippen molar-refractivity contribution in [3.8, 4) is 0 Å². The maximum Gasteiger partial charge on any atom is 0.186 e. The van der Waals surface area contributed by atoms with Gasteiger partial charge in [-0.1, -0.05) is 6.42 Å². The van der Waals surface area contributed by atoms with Crippen molar-refractivity contribution in [1.82, 2.24) is 9.97 Å². The number of halogens is 1. The third-order valence-electron chi connectivity index (χ3n) is 3.28. The first-order chi connectivity index (χ1) is 8.16. The fourth-order valence-corrected chi connectivity index (χ4v) is 2.27. The van der Waals surface area contributed by atoms with Gasteiger partial charge in [0.05, 0.1) is 11.8 Å². The minimum atomic E-state index is -0.385. The molecular weight excluding hydrogens is 221 g/mol. The Bertz CT molecular complexity index is 386. The Morgan fingerprint density at radius 1 is 1.47 bits per heavy atom. The Labute approximate surface area is 100 Å². The van der Waals surface area contributed by atoms with Crippen LogP contribution in [0.5, 0.6) is 0 Å². The zero-order chi connectivity index (χ0) is 12.3. The largest absolute Gasteiger partial charge is 0.393 e. The van der Waals surface area contributed by atoms with Crippen LogP contribution in [0.3, 0.4) is 0 Å². The number of anilines is 1. The topological polar surface area (TPSA) is 58.0 Å². The predicted molar refractivity (Wildman–Crippen MR) is 63.2 cm³/mol. The van der Waals surface area contributed by atoms with E-state index in [1.165, 1.54) is 6.33 Å². The molecule has 0 spiro atoms. The van der Waals surface area contributed by atoms with E-state index in [1.54, 1.807) is 6.92 Å². The Morgan fingerprint density at radius 3 is 3.06 bits per heavy atom. The lowest BCUT2D eigenvalue weighted by atomic mass is 9.87. The van der Waals surface area contributed by atoms with Gasteiger partial charge in [-0.25, -0.2) is 14.4 Å². The Kier molecular flexibility index (Phi) is 3.89. The average molecular weight is 239 g/mol. The molecule has 1 aliphatic rings. The Morgan fingerprint density at radius 2 is 2.29 bits per heavy atom. The molecule has 0 aliphatic heterocycles. The van der Waals surface area contributed by atoms with Crippen molar-refractivity contribution in [2.45, 2.75) is 38.7 Å². The van der Waals surface area contributed by atoms with Crippen molar-refractivity contribution in [3.05, 3.63) is 17.8 Å². The highest BCUT2D eigenvalue weighted by atomic mass is 19.1. The van der Waals surface area contributed by atoms with Crippen LogP contribution in [0.25, 0.3) is 0 Å². The van der Waals surface area contributed by atoms with Crippen LogP contribution < -0.4 is 5.32 Å². The highest BCUT2D eigenvalue weighted by molar-refractivity contribution is 5.36. The SMILES string of the molecule is Cc1ncnc(NCC2CCCC(O)C2)c1F. The standard InChI is InChI=1S/C12H18FN3O/c1-8-11(13)12(16-7-15-8)14-6-9-3-2-4-10(17)5-9/h7,9-10,17H,2-6H2,1H3,(H,14,15,16). The number of nitrogens with one attached hydrogen (secondary N) is 1. The molecule has 1 fully saturated rings. The summed E-state index contributed by atoms with van der Waals surface area (Å²) in [7, 11) is 0. The van der Waals surface area contributed by atoms with E-state index in [0.717, 1.165) is 25.7 Å². The van der Waals surface area contributed by atoms with E-state index in [-0.39, 0.29) is 17.7 Å². The van der Waals surface area contributed by atoms with Crippen LogP contribution >= 0.6 is 0 Å². The zero-order valence-electron chi connectivity index (χ0n) is 9.99. The van der Waals surface area contributed by atoms with Crippen molar-refractivity contribution in [3.63, 3.8) is 0 Å². The van der Waals surface area contributed by atoms with Gasteiger partial charge in [-0.3, -0.25) is 0 Å². The van der Waals surface area contributed by atoms with Crippen LogP contribution in [0, 0.1) is 18.7 Å². The summed E-state index contributed by atoms with van der Waals surface area (Å²) in [4.78, 5) is 7.66. The number of aliphatic hydroxyl groups is 1. The average Bonchev–Trinajstić information content (AvgIpc) is 2.31. The van der Waals surface area contributed by atoms with E-state index < -0.39 is 0 Å². The van der Waals surface area contributed by atoms with Crippen molar-refractivity contribution in [1.29, 1.82) is 0 Å². The lowest BCUT2D eigenvalue weighted by molar-refractivity contribution is 0.104. The van der Waals surface area contributed by atoms with Crippen LogP contribution in [0.15, 0.2) is 6.33 Å². The van der Waals surface area contributed by atoms with Crippen LogP contribution in [0.1, 0.15) is 31.4 Å². The molecule has 1 aromatic rings. The van der Waals surface area contributed by atoms with Gasteiger partial charge in [0.1, 0.15) is 6.33 Å². The van der Waals surface area contributed by atoms with E-state index in [2.05, 4.69) is 15.3 Å². The molecule has 17 heavy (non-hydrogen) atoms. The summed E-state index contributed by atoms with van der Waals surface area (Å²) in [6.45, 7) is 2.27. The van der Waals surface area contributed by atoms with Gasteiger partial charge in [-0.15, -0.1) is 0 Å². The van der Waals surface area contributed by atoms with Crippen molar-refractivity contribution < 1.29 is 9.50 Å². The van der Waals surface area contributed by atoms with Crippen LogP contribution in [0.4, 0.5) is 10.2 Å². The van der Waals surface area contributed by atoms with Crippen LogP contribution in [-0.2, 0) is 0 Å². The first-order valence-electron chi connectivity index (χ1n) is 6.06. The van der Waals surface area contributed by atoms with Gasteiger partial charge >= 0.3 is 0 Å². The van der Waals surface area contributed by atoms with Crippen LogP contribution in [-0.4, -0.2) is 27.7 Å². The zero-order valence-corrected chi connectivity index (χ0v) is 9.99. The molecule has 4 nitrogen and oxygen atoms in total. The second-order valence-corrected chi connectivity index (χ2v) is 4.69. The molecule has 2 unspecified atom stereocenters. The number of rotatable bonds is 3. The van der Waals surface area contributed by atoms with E-state index in [9.17, 15) is 9.50 Å². The Hall–Kier alpha value is -1.23. The minimum absolute atomic E-state index is 0.201. The summed E-state index contributed by atoms with van der Waals surface area (Å²) >= 11 is 0. The van der Waals surface area contributed by atoms with Gasteiger partial charge in [0.15, 0.2) is 11.6 Å². The second kappa shape index (κ2) is 5.40. The molecule has 1 aromatic heterocycles. The summed E-state index contributed by atoms with van der Waals surface area (Å²) in [5.41, 5.74) is 0.353. The second-order valence-electron chi connectivity index (χ2n) is 4.69. The maximum atomic E-state index is 13.6. The summed E-state index contributed by atoms with van der Waals surface area (Å²) in [5, 5.41) is 12.6. The fraction of sp³-hybridized carbons (Fsp3) is 0.667. The first-order valence-corrected chi connectivity index (χ1v) is 6.06. The smallest absolute Gasteiger partial charge is 0.186 e. The van der Waals surface area contributed by atoms with Gasteiger partial charge in [-0.2, -0.15) is 0 Å². The molecule has 1 saturated carbocycles. The molecule has 94 valence electrons. The number of aliphatic hydroxyl groups excluding tert-OH is 1. The number of aromatic nitrogens is 2. The summed E-state index contributed by atoms with van der Waals surface area (Å²) < 4.78 is 13.6. The Balaban J connectivity index is 1.91. The third kappa shape index (κ3) is 3.12. The molecule has 1 aliphatic carbocycles. The summed E-state index contributed by atoms with van der Waals surface area (Å²) in [6, 6.07) is 0. The van der Waals surface area contributed by atoms with E-state index in [4.69, 9.17) is 0 Å². The van der Waals surface area contributed by atoms with Gasteiger partial charge in [0, 0.05) is 6.54 Å². The molecule has 0 bridgehead atoms. The molecule has 1 heterocycles. The molecule has 2 rings (SSSR count). The number of aryl methyl sites for hydroxylation is 1. The molecule has 0 amide bonds. The summed E-state index contributed by atoms with van der Waals surface area (Å²) in [6.07, 6.45) is 4.95. The van der Waals surface area contributed by atoms with Gasteiger partial charge in [-0.05, 0) is 32.1 Å². The molecule has 0 saturated heterocycles. The van der Waals surface area contributed by atoms with Gasteiger partial charge in [0.25, 0.3) is 0 Å². The van der Waals surface area contributed by atoms with E-state index >= 15 is 0 Å². The molecule has 5 heteroatoms. The van der Waals surface area contributed by atoms with Crippen molar-refractivity contribution in [2.24, 2.45) is 5.92 Å². The summed E-state index contributed by atoms with van der Waals surface area (Å²) in [5.74, 6) is 0.273. The van der Waals surface area contributed by atoms with Gasteiger partial charge in [0.2, 0.25) is 0 Å². The van der Waals surface area contributed by atoms with Crippen molar-refractivity contribution >= 4 is 5.82 Å². The molecular formula is C12H18FN3O. The number of hydrogen-bond donors (Lipinski definition) is 2. The van der Waals surface area contributed by atoms with Crippen molar-refractivity contribution in [2.75, 3.05) is 11.9 Å². The van der Waals surface area contributed by atoms with E-state index in [1.807, 2.05) is 0 Å². The molecule has 0 aromatic carbocycles. The molecule has 0 radical (unpaired) electrons. The number of nitrogens with zero attached hydrogens (tertiary/aromatic N) is 2. The predicted octanol–water partition coefficient (Wildman–Crippen LogP) is 1.89. The highest BCUT2D eigenvalue weighted by Crippen LogP contribution is 2.24. The minimum Gasteiger partial charge on any atom is -0.393 e.